The minimum Gasteiger partial charge on any atom is -0.379 e. The topological polar surface area (TPSA) is 96.0 Å². The van der Waals surface area contributed by atoms with Gasteiger partial charge < -0.3 is 15.0 Å². The number of fused-ring (bicyclic) bond motifs is 1. The number of sulfonamides is 1. The van der Waals surface area contributed by atoms with Gasteiger partial charge in [-0.05, 0) is 73.7 Å². The zero-order valence-electron chi connectivity index (χ0n) is 19.0. The molecule has 176 valence electrons. The number of ether oxygens (including phenoxy) is 1. The van der Waals surface area contributed by atoms with Crippen LogP contribution in [0.1, 0.15) is 29.5 Å². The monoisotopic (exact) mass is 471 g/mol. The molecule has 2 aromatic carbocycles. The molecule has 8 nitrogen and oxygen atoms in total. The lowest BCUT2D eigenvalue weighted by Crippen LogP contribution is -2.40. The molecule has 0 radical (unpaired) electrons. The zero-order valence-corrected chi connectivity index (χ0v) is 19.8. The molecule has 0 bridgehead atoms. The quantitative estimate of drug-likeness (QED) is 0.723. The molecule has 0 saturated carbocycles. The first-order valence-electron chi connectivity index (χ1n) is 11.1. The largest absolute Gasteiger partial charge is 0.379 e. The molecule has 9 heteroatoms. The summed E-state index contributed by atoms with van der Waals surface area (Å²) >= 11 is 0. The third-order valence-corrected chi connectivity index (χ3v) is 7.79. The standard InChI is InChI=1S/C24H29N3O5S/c1-17-12-18(2)14-20(13-17)25-23(28)16-27-22-7-6-21(15-19(22)4-3-5-24(27)29)33(30,31)26-8-10-32-11-9-26/h6-7,12-15H,3-5,8-11,16H2,1-2H3,(H,25,28). The normalized spacial score (nSPS) is 17.4. The molecule has 2 heterocycles. The SMILES string of the molecule is Cc1cc(C)cc(NC(=O)CN2C(=O)CCCc3cc(S(=O)(=O)N4CCOCC4)ccc32)c1. The van der Waals surface area contributed by atoms with Crippen LogP contribution in [0.15, 0.2) is 41.3 Å². The molecule has 1 N–H and O–H groups in total. The Balaban J connectivity index is 1.57. The van der Waals surface area contributed by atoms with E-state index in [4.69, 9.17) is 4.74 Å². The van der Waals surface area contributed by atoms with E-state index in [-0.39, 0.29) is 23.3 Å². The molecule has 0 unspecified atom stereocenters. The molecular weight excluding hydrogens is 442 g/mol. The molecule has 0 spiro atoms. The van der Waals surface area contributed by atoms with Gasteiger partial charge >= 0.3 is 0 Å². The van der Waals surface area contributed by atoms with Crippen molar-refractivity contribution < 1.29 is 22.7 Å². The zero-order chi connectivity index (χ0) is 23.6. The molecule has 2 aliphatic rings. The van der Waals surface area contributed by atoms with Gasteiger partial charge in [0.15, 0.2) is 0 Å². The van der Waals surface area contributed by atoms with Crippen LogP contribution in [0, 0.1) is 13.8 Å². The van der Waals surface area contributed by atoms with Crippen LogP contribution in [0.25, 0.3) is 0 Å². The molecule has 1 saturated heterocycles. The van der Waals surface area contributed by atoms with Gasteiger partial charge in [0, 0.05) is 30.9 Å². The van der Waals surface area contributed by atoms with Crippen LogP contribution in [0.3, 0.4) is 0 Å². The van der Waals surface area contributed by atoms with Crippen molar-refractivity contribution in [2.75, 3.05) is 43.1 Å². The van der Waals surface area contributed by atoms with Gasteiger partial charge in [-0.15, -0.1) is 0 Å². The van der Waals surface area contributed by atoms with Gasteiger partial charge in [-0.2, -0.15) is 4.31 Å². The maximum absolute atomic E-state index is 13.1. The molecule has 0 aliphatic carbocycles. The van der Waals surface area contributed by atoms with Crippen molar-refractivity contribution in [2.45, 2.75) is 38.0 Å². The number of nitrogens with one attached hydrogen (secondary N) is 1. The summed E-state index contributed by atoms with van der Waals surface area (Å²) in [4.78, 5) is 27.3. The summed E-state index contributed by atoms with van der Waals surface area (Å²) in [7, 11) is -3.64. The van der Waals surface area contributed by atoms with Gasteiger partial charge in [0.05, 0.1) is 18.1 Å². The van der Waals surface area contributed by atoms with E-state index in [1.807, 2.05) is 32.0 Å². The van der Waals surface area contributed by atoms with E-state index in [9.17, 15) is 18.0 Å². The number of aryl methyl sites for hydroxylation is 3. The number of amides is 2. The highest BCUT2D eigenvalue weighted by Gasteiger charge is 2.29. The summed E-state index contributed by atoms with van der Waals surface area (Å²) in [6.45, 7) is 5.18. The molecule has 1 fully saturated rings. The van der Waals surface area contributed by atoms with E-state index < -0.39 is 10.0 Å². The third-order valence-electron chi connectivity index (χ3n) is 5.89. The minimum atomic E-state index is -3.64. The first-order valence-corrected chi connectivity index (χ1v) is 12.6. The molecule has 0 aromatic heterocycles. The lowest BCUT2D eigenvalue weighted by atomic mass is 10.1. The van der Waals surface area contributed by atoms with Crippen molar-refractivity contribution in [2.24, 2.45) is 0 Å². The lowest BCUT2D eigenvalue weighted by Gasteiger charge is -2.27. The van der Waals surface area contributed by atoms with Crippen LogP contribution in [-0.4, -0.2) is 57.4 Å². The van der Waals surface area contributed by atoms with Gasteiger partial charge in [0.1, 0.15) is 6.54 Å². The van der Waals surface area contributed by atoms with Gasteiger partial charge in [0.2, 0.25) is 21.8 Å². The highest BCUT2D eigenvalue weighted by atomic mass is 32.2. The van der Waals surface area contributed by atoms with E-state index in [2.05, 4.69) is 5.32 Å². The fraction of sp³-hybridized carbons (Fsp3) is 0.417. The predicted molar refractivity (Wildman–Crippen MR) is 126 cm³/mol. The Morgan fingerprint density at radius 2 is 1.73 bits per heavy atom. The van der Waals surface area contributed by atoms with Crippen LogP contribution < -0.4 is 10.2 Å². The summed E-state index contributed by atoms with van der Waals surface area (Å²) in [5, 5.41) is 2.87. The first-order chi connectivity index (χ1) is 15.7. The highest BCUT2D eigenvalue weighted by Crippen LogP contribution is 2.30. The fourth-order valence-electron chi connectivity index (χ4n) is 4.39. The second-order valence-electron chi connectivity index (χ2n) is 8.56. The maximum atomic E-state index is 13.1. The number of rotatable bonds is 5. The first kappa shape index (κ1) is 23.4. The Kier molecular flexibility index (Phi) is 6.83. The fourth-order valence-corrected chi connectivity index (χ4v) is 5.84. The van der Waals surface area contributed by atoms with Crippen molar-refractivity contribution in [1.82, 2.24) is 4.31 Å². The van der Waals surface area contributed by atoms with E-state index in [1.54, 1.807) is 12.1 Å². The third kappa shape index (κ3) is 5.26. The van der Waals surface area contributed by atoms with E-state index >= 15 is 0 Å². The van der Waals surface area contributed by atoms with Crippen LogP contribution in [-0.2, 0) is 30.8 Å². The van der Waals surface area contributed by atoms with Gasteiger partial charge in [-0.25, -0.2) is 8.42 Å². The number of anilines is 2. The van der Waals surface area contributed by atoms with E-state index in [0.29, 0.717) is 56.9 Å². The van der Waals surface area contributed by atoms with Crippen LogP contribution in [0.5, 0.6) is 0 Å². The molecule has 2 aromatic rings. The summed E-state index contributed by atoms with van der Waals surface area (Å²) < 4.78 is 32.8. The highest BCUT2D eigenvalue weighted by molar-refractivity contribution is 7.89. The van der Waals surface area contributed by atoms with Crippen molar-refractivity contribution in [3.8, 4) is 0 Å². The van der Waals surface area contributed by atoms with Crippen LogP contribution in [0.4, 0.5) is 11.4 Å². The molecule has 0 atom stereocenters. The molecule has 4 rings (SSSR count). The van der Waals surface area contributed by atoms with Gasteiger partial charge in [-0.3, -0.25) is 9.59 Å². The molecular formula is C24H29N3O5S. The maximum Gasteiger partial charge on any atom is 0.244 e. The van der Waals surface area contributed by atoms with Crippen LogP contribution in [0.2, 0.25) is 0 Å². The van der Waals surface area contributed by atoms with Crippen molar-refractivity contribution >= 4 is 33.2 Å². The second kappa shape index (κ2) is 9.62. The summed E-state index contributed by atoms with van der Waals surface area (Å²) in [6, 6.07) is 10.6. The molecule has 33 heavy (non-hydrogen) atoms. The Labute approximate surface area is 194 Å². The summed E-state index contributed by atoms with van der Waals surface area (Å²) in [5.41, 5.74) is 4.11. The summed E-state index contributed by atoms with van der Waals surface area (Å²) in [6.07, 6.45) is 1.47. The number of nitrogens with zero attached hydrogens (tertiary/aromatic N) is 2. The number of hydrogen-bond acceptors (Lipinski definition) is 5. The Bertz CT molecular complexity index is 1150. The molecule has 2 amide bonds. The smallest absolute Gasteiger partial charge is 0.244 e. The van der Waals surface area contributed by atoms with E-state index in [0.717, 1.165) is 16.7 Å². The number of hydrogen-bond donors (Lipinski definition) is 1. The number of morpholine rings is 1. The van der Waals surface area contributed by atoms with Crippen molar-refractivity contribution in [3.63, 3.8) is 0 Å². The number of carbonyl (C=O) groups excluding carboxylic acids is 2. The van der Waals surface area contributed by atoms with Gasteiger partial charge in [0.25, 0.3) is 0 Å². The number of benzene rings is 2. The van der Waals surface area contributed by atoms with Crippen molar-refractivity contribution in [3.05, 3.63) is 53.1 Å². The Morgan fingerprint density at radius 1 is 1.03 bits per heavy atom. The van der Waals surface area contributed by atoms with Crippen molar-refractivity contribution in [1.29, 1.82) is 0 Å². The number of carbonyl (C=O) groups is 2. The Morgan fingerprint density at radius 3 is 2.42 bits per heavy atom. The average molecular weight is 472 g/mol. The summed E-state index contributed by atoms with van der Waals surface area (Å²) in [5.74, 6) is -0.445. The second-order valence-corrected chi connectivity index (χ2v) is 10.5. The minimum absolute atomic E-state index is 0.131. The lowest BCUT2D eigenvalue weighted by molar-refractivity contribution is -0.121. The molecule has 2 aliphatic heterocycles. The predicted octanol–water partition coefficient (Wildman–Crippen LogP) is 2.63. The van der Waals surface area contributed by atoms with E-state index in [1.165, 1.54) is 15.3 Å². The van der Waals surface area contributed by atoms with Gasteiger partial charge in [-0.1, -0.05) is 6.07 Å². The van der Waals surface area contributed by atoms with Crippen LogP contribution >= 0.6 is 0 Å². The average Bonchev–Trinajstić information content (AvgIpc) is 2.92. The Hall–Kier alpha value is -2.75.